The van der Waals surface area contributed by atoms with Gasteiger partial charge in [-0.1, -0.05) is 31.8 Å². The van der Waals surface area contributed by atoms with Crippen molar-refractivity contribution >= 4 is 11.9 Å². The van der Waals surface area contributed by atoms with E-state index in [2.05, 4.69) is 19.3 Å². The van der Waals surface area contributed by atoms with Gasteiger partial charge < -0.3 is 21.0 Å². The van der Waals surface area contributed by atoms with Crippen molar-refractivity contribution in [2.24, 2.45) is 39.3 Å². The lowest BCUT2D eigenvalue weighted by Crippen LogP contribution is -3.19. The number of likely N-dealkylation sites (tertiary alicyclic amines) is 1. The summed E-state index contributed by atoms with van der Waals surface area (Å²) in [6.07, 6.45) is 12.4. The summed E-state index contributed by atoms with van der Waals surface area (Å²) in [5, 5.41) is 15.6. The number of hydrogen-bond donors (Lipinski definition) is 3. The minimum Gasteiger partial charge on any atom is -0.545 e. The first-order valence-electron chi connectivity index (χ1n) is 13.2. The first-order chi connectivity index (χ1) is 15.4. The molecule has 1 aliphatic heterocycles. The number of carbonyl (C=O) groups is 1. The van der Waals surface area contributed by atoms with Crippen molar-refractivity contribution < 1.29 is 14.8 Å². The topological polar surface area (TPSA) is 95.0 Å². The van der Waals surface area contributed by atoms with Crippen molar-refractivity contribution in [3.8, 4) is 0 Å². The van der Waals surface area contributed by atoms with E-state index in [1.807, 2.05) is 0 Å². The second-order valence-electron chi connectivity index (χ2n) is 11.5. The molecule has 6 nitrogen and oxygen atoms in total. The minimum absolute atomic E-state index is 0.00360. The highest BCUT2D eigenvalue weighted by atomic mass is 16.4. The molecule has 2 spiro atoms. The smallest absolute Gasteiger partial charge is 0.293 e. The average Bonchev–Trinajstić information content (AvgIpc) is 3.23. The number of nitrogens with one attached hydrogen (secondary N) is 2. The third kappa shape index (κ3) is 3.12. The van der Waals surface area contributed by atoms with Crippen molar-refractivity contribution in [3.63, 3.8) is 0 Å². The predicted octanol–water partition coefficient (Wildman–Crippen LogP) is 1.02. The van der Waals surface area contributed by atoms with Gasteiger partial charge in [0.15, 0.2) is 0 Å². The van der Waals surface area contributed by atoms with Crippen LogP contribution in [0.3, 0.4) is 0 Å². The largest absolute Gasteiger partial charge is 0.545 e. The molecule has 2 bridgehead atoms. The van der Waals surface area contributed by atoms with E-state index in [4.69, 9.17) is 10.7 Å². The van der Waals surface area contributed by atoms with Gasteiger partial charge in [-0.25, -0.2) is 4.99 Å². The van der Waals surface area contributed by atoms with Crippen LogP contribution in [0.2, 0.25) is 0 Å². The van der Waals surface area contributed by atoms with Gasteiger partial charge in [0.05, 0.1) is 25.1 Å². The fourth-order valence-corrected chi connectivity index (χ4v) is 9.23. The Hall–Kier alpha value is -1.40. The van der Waals surface area contributed by atoms with E-state index in [-0.39, 0.29) is 10.8 Å². The Morgan fingerprint density at radius 3 is 2.72 bits per heavy atom. The van der Waals surface area contributed by atoms with Gasteiger partial charge in [-0.2, -0.15) is 0 Å². The summed E-state index contributed by atoms with van der Waals surface area (Å²) in [6, 6.07) is 0.397. The molecule has 5 aliphatic rings. The van der Waals surface area contributed by atoms with Gasteiger partial charge in [0.25, 0.3) is 5.96 Å². The number of nitrogens with zero attached hydrogens (tertiary/aromatic N) is 1. The van der Waals surface area contributed by atoms with E-state index in [1.165, 1.54) is 55.4 Å². The van der Waals surface area contributed by atoms with Crippen LogP contribution in [-0.4, -0.2) is 44.7 Å². The monoisotopic (exact) mass is 442 g/mol. The fourth-order valence-electron chi connectivity index (χ4n) is 9.23. The van der Waals surface area contributed by atoms with Gasteiger partial charge in [0.2, 0.25) is 0 Å². The lowest BCUT2D eigenvalue weighted by molar-refractivity contribution is -0.828. The Bertz CT molecular complexity index is 817. The summed E-state index contributed by atoms with van der Waals surface area (Å²) in [5.74, 6) is 1.53. The van der Waals surface area contributed by atoms with Crippen LogP contribution in [0.5, 0.6) is 0 Å². The number of aliphatic imine (C=N–C) groups is 1. The summed E-state index contributed by atoms with van der Waals surface area (Å²) >= 11 is 0. The molecule has 4 aliphatic carbocycles. The second-order valence-corrected chi connectivity index (χ2v) is 11.5. The van der Waals surface area contributed by atoms with Crippen LogP contribution in [0.4, 0.5) is 0 Å². The molecule has 0 radical (unpaired) electrons. The summed E-state index contributed by atoms with van der Waals surface area (Å²) in [7, 11) is 2.07. The molecule has 5 rings (SSSR count). The Labute approximate surface area is 193 Å². The van der Waals surface area contributed by atoms with Crippen molar-refractivity contribution in [1.82, 2.24) is 5.32 Å². The molecule has 0 aromatic rings. The van der Waals surface area contributed by atoms with E-state index >= 15 is 0 Å². The van der Waals surface area contributed by atoms with Crippen LogP contribution >= 0.6 is 0 Å². The highest BCUT2D eigenvalue weighted by molar-refractivity contribution is 5.87. The third-order valence-corrected chi connectivity index (χ3v) is 10.5. The number of carbonyl (C=O) groups excluding carboxylic acids is 1. The third-order valence-electron chi connectivity index (χ3n) is 10.5. The van der Waals surface area contributed by atoms with Gasteiger partial charge in [0, 0.05) is 17.3 Å². The number of guanidine groups is 1. The van der Waals surface area contributed by atoms with Crippen LogP contribution in [0.1, 0.15) is 77.6 Å². The van der Waals surface area contributed by atoms with Crippen LogP contribution in [0.25, 0.3) is 0 Å². The van der Waals surface area contributed by atoms with E-state index in [9.17, 15) is 9.90 Å². The Balaban J connectivity index is 1.55. The Morgan fingerprint density at radius 2 is 2.00 bits per heavy atom. The van der Waals surface area contributed by atoms with E-state index < -0.39 is 5.97 Å². The number of quaternary nitrogens is 1. The lowest BCUT2D eigenvalue weighted by atomic mass is 9.45. The molecule has 6 heteroatoms. The van der Waals surface area contributed by atoms with Crippen LogP contribution in [-0.2, 0) is 4.79 Å². The first-order valence-corrected chi connectivity index (χ1v) is 13.2. The van der Waals surface area contributed by atoms with Crippen LogP contribution in [0, 0.1) is 28.6 Å². The van der Waals surface area contributed by atoms with Crippen LogP contribution < -0.4 is 21.1 Å². The Kier molecular flexibility index (Phi) is 5.90. The number of rotatable bonds is 4. The maximum absolute atomic E-state index is 12.1. The van der Waals surface area contributed by atoms with Crippen molar-refractivity contribution in [2.45, 2.75) is 83.6 Å². The maximum Gasteiger partial charge on any atom is 0.293 e. The molecule has 1 heterocycles. The summed E-state index contributed by atoms with van der Waals surface area (Å²) in [4.78, 5) is 18.5. The number of piperidine rings is 1. The number of nitrogens with two attached hydrogens (primary N) is 1. The van der Waals surface area contributed by atoms with Crippen molar-refractivity contribution in [2.75, 3.05) is 26.7 Å². The van der Waals surface area contributed by atoms with Gasteiger partial charge >= 0.3 is 0 Å². The highest BCUT2D eigenvalue weighted by Crippen LogP contribution is 2.75. The number of allylic oxidation sites excluding steroid dienone is 1. The standard InChI is InChI=1S/C26H42N4O2/c1-17-8-9-18-14-22-21(23(31)32)10-12-25(17,22)26(18)16-30(13-11-19(26)15-28-2)24(27)29-20-6-4-3-5-7-20/h17-20,28H,3-16H2,1-2H3,(H2,27,29)(H,31,32)/t17-,18-,19-,25+,26-/m1/s1. The number of carboxylic acids is 1. The zero-order valence-electron chi connectivity index (χ0n) is 20.0. The molecule has 4 N–H and O–H groups in total. The normalized spacial score (nSPS) is 42.5. The molecule has 6 atom stereocenters. The van der Waals surface area contributed by atoms with Gasteiger partial charge in [-0.05, 0) is 81.9 Å². The number of hydrogen-bond acceptors (Lipinski definition) is 4. The quantitative estimate of drug-likeness (QED) is 0.448. The average molecular weight is 443 g/mol. The molecular formula is C26H42N4O2. The molecule has 1 saturated heterocycles. The zero-order chi connectivity index (χ0) is 22.5. The Morgan fingerprint density at radius 1 is 1.22 bits per heavy atom. The summed E-state index contributed by atoms with van der Waals surface area (Å²) in [6.45, 7) is 5.46. The van der Waals surface area contributed by atoms with Gasteiger partial charge in [-0.3, -0.25) is 4.90 Å². The second kappa shape index (κ2) is 8.43. The first kappa shape index (κ1) is 22.4. The van der Waals surface area contributed by atoms with Crippen molar-refractivity contribution in [3.05, 3.63) is 11.1 Å². The molecule has 1 unspecified atom stereocenters. The van der Waals surface area contributed by atoms with Crippen molar-refractivity contribution in [1.29, 1.82) is 0 Å². The molecule has 0 amide bonds. The van der Waals surface area contributed by atoms with E-state index in [0.717, 1.165) is 44.9 Å². The van der Waals surface area contributed by atoms with Gasteiger partial charge in [0.1, 0.15) is 0 Å². The molecule has 0 aromatic carbocycles. The molecule has 178 valence electrons. The van der Waals surface area contributed by atoms with E-state index in [0.29, 0.717) is 35.8 Å². The SMILES string of the molecule is CNC[C@H]1CC[NH+](C(N)=NC2CCCCC2)C[C@@]12[C@@H]1CC[C@@H](C)[C@]23CCC(C(=O)[O-])=C3C1. The predicted molar refractivity (Wildman–Crippen MR) is 124 cm³/mol. The highest BCUT2D eigenvalue weighted by Gasteiger charge is 2.72. The van der Waals surface area contributed by atoms with E-state index in [1.54, 1.807) is 0 Å². The molecule has 4 fully saturated rings. The zero-order valence-corrected chi connectivity index (χ0v) is 20.0. The number of carboxylic acid groups (broad SMARTS) is 1. The summed E-state index contributed by atoms with van der Waals surface area (Å²) < 4.78 is 0. The minimum atomic E-state index is -0.921. The lowest BCUT2D eigenvalue weighted by Gasteiger charge is -2.60. The molecule has 3 saturated carbocycles. The molecule has 0 aromatic heterocycles. The molecular weight excluding hydrogens is 400 g/mol. The number of aliphatic carboxylic acids is 1. The fraction of sp³-hybridized carbons (Fsp3) is 0.846. The maximum atomic E-state index is 12.1. The van der Waals surface area contributed by atoms with Gasteiger partial charge in [-0.15, -0.1) is 0 Å². The van der Waals surface area contributed by atoms with Crippen LogP contribution in [0.15, 0.2) is 16.1 Å². The molecule has 32 heavy (non-hydrogen) atoms. The summed E-state index contributed by atoms with van der Waals surface area (Å²) in [5.41, 5.74) is 8.74.